The molecule has 26 heavy (non-hydrogen) atoms. The molecule has 8 heteroatoms. The second-order valence-electron chi connectivity index (χ2n) is 5.65. The fourth-order valence-corrected chi connectivity index (χ4v) is 3.09. The van der Waals surface area contributed by atoms with Crippen molar-refractivity contribution in [2.24, 2.45) is 5.73 Å². The van der Waals surface area contributed by atoms with E-state index in [1.807, 2.05) is 22.6 Å². The van der Waals surface area contributed by atoms with Crippen LogP contribution in [-0.2, 0) is 6.42 Å². The normalized spacial score (nSPS) is 12.0. The van der Waals surface area contributed by atoms with Gasteiger partial charge in [0.15, 0.2) is 0 Å². The predicted octanol–water partition coefficient (Wildman–Crippen LogP) is 2.90. The quantitative estimate of drug-likeness (QED) is 0.493. The number of ether oxygens (including phenoxy) is 1. The van der Waals surface area contributed by atoms with Gasteiger partial charge in [-0.1, -0.05) is 17.7 Å². The molecular formula is C18H18ClFINO4. The maximum atomic E-state index is 14.2. The molecule has 0 saturated carbocycles. The minimum atomic E-state index is -0.917. The Morgan fingerprint density at radius 1 is 1.35 bits per heavy atom. The van der Waals surface area contributed by atoms with Crippen molar-refractivity contribution in [2.75, 3.05) is 13.2 Å². The Hall–Kier alpha value is -1.42. The number of benzene rings is 2. The van der Waals surface area contributed by atoms with Gasteiger partial charge in [0.1, 0.15) is 11.6 Å². The van der Waals surface area contributed by atoms with E-state index < -0.39 is 17.8 Å². The fourth-order valence-electron chi connectivity index (χ4n) is 2.42. The summed E-state index contributed by atoms with van der Waals surface area (Å²) in [7, 11) is 0. The largest absolute Gasteiger partial charge is 0.493 e. The minimum Gasteiger partial charge on any atom is -0.493 e. The zero-order valence-corrected chi connectivity index (χ0v) is 16.6. The van der Waals surface area contributed by atoms with Gasteiger partial charge in [-0.25, -0.2) is 4.39 Å². The number of aliphatic hydroxyl groups excluding tert-OH is 2. The summed E-state index contributed by atoms with van der Waals surface area (Å²) in [5, 5.41) is 18.5. The van der Waals surface area contributed by atoms with Crippen LogP contribution in [0.2, 0.25) is 5.02 Å². The van der Waals surface area contributed by atoms with E-state index in [9.17, 15) is 14.3 Å². The summed E-state index contributed by atoms with van der Waals surface area (Å²) in [6, 6.07) is 7.83. The van der Waals surface area contributed by atoms with Crippen molar-refractivity contribution in [3.8, 4) is 5.75 Å². The number of hydrogen-bond donors (Lipinski definition) is 3. The molecule has 0 radical (unpaired) electrons. The molecule has 0 aliphatic carbocycles. The highest BCUT2D eigenvalue weighted by Crippen LogP contribution is 2.31. The average Bonchev–Trinajstić information content (AvgIpc) is 2.59. The molecule has 0 spiro atoms. The molecule has 0 heterocycles. The highest BCUT2D eigenvalue weighted by Gasteiger charge is 2.20. The fraction of sp³-hybridized carbons (Fsp3) is 0.278. The number of primary amides is 1. The van der Waals surface area contributed by atoms with Gasteiger partial charge >= 0.3 is 0 Å². The van der Waals surface area contributed by atoms with Gasteiger partial charge in [0.05, 0.1) is 24.9 Å². The molecule has 0 unspecified atom stereocenters. The van der Waals surface area contributed by atoms with Crippen LogP contribution < -0.4 is 10.5 Å². The number of amides is 1. The van der Waals surface area contributed by atoms with Crippen LogP contribution in [-0.4, -0.2) is 35.4 Å². The average molecular weight is 494 g/mol. The van der Waals surface area contributed by atoms with Gasteiger partial charge in [0.2, 0.25) is 0 Å². The Bertz CT molecular complexity index is 803. The molecule has 5 nitrogen and oxygen atoms in total. The van der Waals surface area contributed by atoms with E-state index in [0.29, 0.717) is 11.1 Å². The lowest BCUT2D eigenvalue weighted by Gasteiger charge is -2.16. The first kappa shape index (κ1) is 20.9. The van der Waals surface area contributed by atoms with E-state index in [0.717, 1.165) is 3.57 Å². The van der Waals surface area contributed by atoms with E-state index in [1.165, 1.54) is 12.1 Å². The maximum Gasteiger partial charge on any atom is 0.252 e. The lowest BCUT2D eigenvalue weighted by atomic mass is 9.98. The first-order chi connectivity index (χ1) is 12.3. The van der Waals surface area contributed by atoms with Gasteiger partial charge < -0.3 is 20.7 Å². The standard InChI is InChI=1S/C18H18ClFINO4/c19-14-3-4-16(26-6-5-12(24)9-23)17(18(22)25)13(14)7-10-1-2-11(21)8-15(10)20/h1-4,8,12,23-24H,5-7,9H2,(H2,22,25)/t12-/m1/s1. The third-order valence-corrected chi connectivity index (χ3v) is 4.79. The molecule has 4 N–H and O–H groups in total. The molecule has 0 aliphatic rings. The van der Waals surface area contributed by atoms with Gasteiger partial charge in [0.25, 0.3) is 5.91 Å². The number of carbonyl (C=O) groups is 1. The van der Waals surface area contributed by atoms with Gasteiger partial charge in [-0.3, -0.25) is 4.79 Å². The molecule has 2 aromatic rings. The predicted molar refractivity (Wildman–Crippen MR) is 105 cm³/mol. The molecule has 1 amide bonds. The number of aliphatic hydroxyl groups is 2. The van der Waals surface area contributed by atoms with E-state index in [1.54, 1.807) is 18.2 Å². The van der Waals surface area contributed by atoms with Crippen LogP contribution in [0.15, 0.2) is 30.3 Å². The van der Waals surface area contributed by atoms with Crippen LogP contribution >= 0.6 is 34.2 Å². The number of carbonyl (C=O) groups excluding carboxylic acids is 1. The zero-order valence-electron chi connectivity index (χ0n) is 13.7. The van der Waals surface area contributed by atoms with Crippen molar-refractivity contribution in [1.82, 2.24) is 0 Å². The smallest absolute Gasteiger partial charge is 0.252 e. The summed E-state index contributed by atoms with van der Waals surface area (Å²) in [6.07, 6.45) is -0.658. The lowest BCUT2D eigenvalue weighted by Crippen LogP contribution is -2.19. The number of hydrogen-bond acceptors (Lipinski definition) is 4. The van der Waals surface area contributed by atoms with E-state index >= 15 is 0 Å². The van der Waals surface area contributed by atoms with Crippen LogP contribution in [0.1, 0.15) is 27.9 Å². The SMILES string of the molecule is NC(=O)c1c(OCC[C@@H](O)CO)ccc(Cl)c1Cc1ccc(I)cc1F. The van der Waals surface area contributed by atoms with Crippen molar-refractivity contribution >= 4 is 40.1 Å². The van der Waals surface area contributed by atoms with Crippen molar-refractivity contribution in [3.63, 3.8) is 0 Å². The molecule has 0 aromatic heterocycles. The van der Waals surface area contributed by atoms with Gasteiger partial charge in [-0.05, 0) is 58.0 Å². The van der Waals surface area contributed by atoms with Gasteiger partial charge in [-0.15, -0.1) is 0 Å². The summed E-state index contributed by atoms with van der Waals surface area (Å²) in [5.41, 5.74) is 6.33. The van der Waals surface area contributed by atoms with Crippen molar-refractivity contribution in [1.29, 1.82) is 0 Å². The van der Waals surface area contributed by atoms with Crippen LogP contribution in [0.5, 0.6) is 5.75 Å². The summed E-state index contributed by atoms with van der Waals surface area (Å²) in [5.74, 6) is -0.945. The summed E-state index contributed by atoms with van der Waals surface area (Å²) in [4.78, 5) is 12.0. The molecule has 2 aromatic carbocycles. The Labute approximate surface area is 169 Å². The molecule has 0 bridgehead atoms. The van der Waals surface area contributed by atoms with E-state index in [-0.39, 0.29) is 42.4 Å². The minimum absolute atomic E-state index is 0.0704. The van der Waals surface area contributed by atoms with Crippen LogP contribution in [0.4, 0.5) is 4.39 Å². The zero-order chi connectivity index (χ0) is 19.3. The van der Waals surface area contributed by atoms with Crippen molar-refractivity contribution in [3.05, 3.63) is 61.4 Å². The Morgan fingerprint density at radius 2 is 2.08 bits per heavy atom. The van der Waals surface area contributed by atoms with Gasteiger partial charge in [0, 0.05) is 21.4 Å². The van der Waals surface area contributed by atoms with Crippen molar-refractivity contribution in [2.45, 2.75) is 18.9 Å². The molecule has 0 aliphatic heterocycles. The molecule has 0 saturated heterocycles. The second-order valence-corrected chi connectivity index (χ2v) is 7.30. The molecular weight excluding hydrogens is 476 g/mol. The topological polar surface area (TPSA) is 92.8 Å². The van der Waals surface area contributed by atoms with Crippen LogP contribution in [0.3, 0.4) is 0 Å². The molecule has 1 atom stereocenters. The number of nitrogens with two attached hydrogens (primary N) is 1. The number of halogens is 3. The first-order valence-corrected chi connectivity index (χ1v) is 9.26. The van der Waals surface area contributed by atoms with Gasteiger partial charge in [-0.2, -0.15) is 0 Å². The Kier molecular flexibility index (Phi) is 7.63. The molecule has 0 fully saturated rings. The van der Waals surface area contributed by atoms with Crippen LogP contribution in [0, 0.1) is 9.39 Å². The maximum absolute atomic E-state index is 14.2. The van der Waals surface area contributed by atoms with E-state index in [2.05, 4.69) is 0 Å². The Morgan fingerprint density at radius 3 is 2.69 bits per heavy atom. The van der Waals surface area contributed by atoms with Crippen molar-refractivity contribution < 1.29 is 24.1 Å². The second kappa shape index (κ2) is 9.50. The highest BCUT2D eigenvalue weighted by atomic mass is 127. The summed E-state index contributed by atoms with van der Waals surface area (Å²) in [6.45, 7) is -0.315. The lowest BCUT2D eigenvalue weighted by molar-refractivity contribution is 0.0751. The highest BCUT2D eigenvalue weighted by molar-refractivity contribution is 14.1. The third kappa shape index (κ3) is 5.29. The number of rotatable bonds is 8. The first-order valence-electron chi connectivity index (χ1n) is 7.80. The monoisotopic (exact) mass is 493 g/mol. The third-order valence-electron chi connectivity index (χ3n) is 3.77. The summed E-state index contributed by atoms with van der Waals surface area (Å²) < 4.78 is 20.5. The van der Waals surface area contributed by atoms with Crippen LogP contribution in [0.25, 0.3) is 0 Å². The van der Waals surface area contributed by atoms with E-state index in [4.69, 9.17) is 27.2 Å². The molecule has 140 valence electrons. The Balaban J connectivity index is 2.35. The molecule has 2 rings (SSSR count). The summed E-state index contributed by atoms with van der Waals surface area (Å²) >= 11 is 8.23.